The molecule has 1 atom stereocenters. The molecular formula is C11H9F3O2. The second-order valence-electron chi connectivity index (χ2n) is 3.59. The van der Waals surface area contributed by atoms with Crippen molar-refractivity contribution >= 4 is 11.0 Å². The number of alkyl halides is 3. The molecule has 0 fully saturated rings. The van der Waals surface area contributed by atoms with E-state index in [2.05, 4.69) is 0 Å². The number of halogens is 3. The third-order valence-corrected chi connectivity index (χ3v) is 2.34. The Labute approximate surface area is 89.3 Å². The van der Waals surface area contributed by atoms with Crippen molar-refractivity contribution in [1.29, 1.82) is 0 Å². The van der Waals surface area contributed by atoms with E-state index < -0.39 is 18.0 Å². The molecule has 5 heteroatoms. The average molecular weight is 230 g/mol. The molecule has 0 aliphatic heterocycles. The van der Waals surface area contributed by atoms with Crippen LogP contribution in [-0.2, 0) is 0 Å². The Morgan fingerprint density at radius 2 is 2.00 bits per heavy atom. The number of benzene rings is 1. The zero-order valence-electron chi connectivity index (χ0n) is 8.38. The van der Waals surface area contributed by atoms with Crippen molar-refractivity contribution in [3.8, 4) is 0 Å². The van der Waals surface area contributed by atoms with E-state index in [9.17, 15) is 13.2 Å². The van der Waals surface area contributed by atoms with Gasteiger partial charge >= 0.3 is 6.18 Å². The summed E-state index contributed by atoms with van der Waals surface area (Å²) in [7, 11) is 0. The maximum atomic E-state index is 12.3. The molecule has 0 bridgehead atoms. The summed E-state index contributed by atoms with van der Waals surface area (Å²) < 4.78 is 41.8. The maximum absolute atomic E-state index is 12.3. The van der Waals surface area contributed by atoms with Gasteiger partial charge in [-0.05, 0) is 18.6 Å². The van der Waals surface area contributed by atoms with Gasteiger partial charge in [0.2, 0.25) is 6.10 Å². The normalized spacial score (nSPS) is 14.3. The summed E-state index contributed by atoms with van der Waals surface area (Å²) in [5.41, 5.74) is 1.11. The fourth-order valence-electron chi connectivity index (χ4n) is 1.52. The highest BCUT2D eigenvalue weighted by Crippen LogP contribution is 2.35. The lowest BCUT2D eigenvalue weighted by molar-refractivity contribution is -0.211. The highest BCUT2D eigenvalue weighted by molar-refractivity contribution is 5.80. The SMILES string of the molecule is Cc1cccc2cc(C(O)C(F)(F)F)oc12. The third-order valence-electron chi connectivity index (χ3n) is 2.34. The van der Waals surface area contributed by atoms with Gasteiger partial charge < -0.3 is 9.52 Å². The molecule has 0 aliphatic carbocycles. The second kappa shape index (κ2) is 3.52. The van der Waals surface area contributed by atoms with E-state index in [0.29, 0.717) is 11.0 Å². The van der Waals surface area contributed by atoms with E-state index in [1.165, 1.54) is 6.07 Å². The molecule has 2 aromatic rings. The molecule has 1 unspecified atom stereocenters. The van der Waals surface area contributed by atoms with Crippen LogP contribution < -0.4 is 0 Å². The van der Waals surface area contributed by atoms with Gasteiger partial charge in [-0.2, -0.15) is 13.2 Å². The largest absolute Gasteiger partial charge is 0.458 e. The van der Waals surface area contributed by atoms with Crippen LogP contribution in [0.4, 0.5) is 13.2 Å². The summed E-state index contributed by atoms with van der Waals surface area (Å²) in [6, 6.07) is 6.30. The Bertz CT molecular complexity index is 513. The third kappa shape index (κ3) is 1.78. The Hall–Kier alpha value is -1.49. The number of rotatable bonds is 1. The number of hydrogen-bond acceptors (Lipinski definition) is 2. The topological polar surface area (TPSA) is 33.4 Å². The van der Waals surface area contributed by atoms with Crippen LogP contribution in [0.25, 0.3) is 11.0 Å². The number of aliphatic hydroxyl groups excluding tert-OH is 1. The van der Waals surface area contributed by atoms with Gasteiger partial charge in [-0.1, -0.05) is 18.2 Å². The first-order chi connectivity index (χ1) is 7.39. The second-order valence-corrected chi connectivity index (χ2v) is 3.59. The summed E-state index contributed by atoms with van der Waals surface area (Å²) in [4.78, 5) is 0. The summed E-state index contributed by atoms with van der Waals surface area (Å²) in [6.07, 6.45) is -7.28. The lowest BCUT2D eigenvalue weighted by Crippen LogP contribution is -2.19. The molecule has 16 heavy (non-hydrogen) atoms. The minimum absolute atomic E-state index is 0.376. The van der Waals surface area contributed by atoms with Gasteiger partial charge in [0.05, 0.1) is 0 Å². The van der Waals surface area contributed by atoms with E-state index in [-0.39, 0.29) is 0 Å². The molecule has 0 amide bonds. The molecule has 1 aromatic heterocycles. The van der Waals surface area contributed by atoms with Crippen LogP contribution in [0.2, 0.25) is 0 Å². The number of fused-ring (bicyclic) bond motifs is 1. The number of hydrogen-bond donors (Lipinski definition) is 1. The lowest BCUT2D eigenvalue weighted by Gasteiger charge is -2.10. The number of para-hydroxylation sites is 1. The summed E-state index contributed by atoms with van der Waals surface area (Å²) in [5, 5.41) is 9.58. The van der Waals surface area contributed by atoms with Gasteiger partial charge in [0.25, 0.3) is 0 Å². The van der Waals surface area contributed by atoms with Crippen LogP contribution >= 0.6 is 0 Å². The first kappa shape index (κ1) is 11.0. The Kier molecular flexibility index (Phi) is 2.42. The van der Waals surface area contributed by atoms with Gasteiger partial charge in [0, 0.05) is 5.39 Å². The molecule has 0 spiro atoms. The minimum Gasteiger partial charge on any atom is -0.458 e. The van der Waals surface area contributed by atoms with Crippen LogP contribution in [0.5, 0.6) is 0 Å². The highest BCUT2D eigenvalue weighted by Gasteiger charge is 2.41. The van der Waals surface area contributed by atoms with Crippen LogP contribution in [0, 0.1) is 6.92 Å². The van der Waals surface area contributed by atoms with Crippen molar-refractivity contribution in [2.45, 2.75) is 19.2 Å². The fourth-order valence-corrected chi connectivity index (χ4v) is 1.52. The van der Waals surface area contributed by atoms with Crippen LogP contribution in [-0.4, -0.2) is 11.3 Å². The standard InChI is InChI=1S/C11H9F3O2/c1-6-3-2-4-7-5-8(16-9(6)7)10(15)11(12,13)14/h2-5,10,15H,1H3. The Morgan fingerprint density at radius 1 is 1.31 bits per heavy atom. The number of aryl methyl sites for hydroxylation is 1. The van der Waals surface area contributed by atoms with Gasteiger partial charge in [-0.15, -0.1) is 0 Å². The first-order valence-electron chi connectivity index (χ1n) is 4.63. The van der Waals surface area contributed by atoms with Crippen LogP contribution in [0.3, 0.4) is 0 Å². The molecule has 1 heterocycles. The molecule has 0 saturated heterocycles. The van der Waals surface area contributed by atoms with Crippen molar-refractivity contribution in [3.05, 3.63) is 35.6 Å². The van der Waals surface area contributed by atoms with E-state index in [1.807, 2.05) is 0 Å². The van der Waals surface area contributed by atoms with Crippen LogP contribution in [0.15, 0.2) is 28.7 Å². The van der Waals surface area contributed by atoms with E-state index >= 15 is 0 Å². The minimum atomic E-state index is -4.71. The fraction of sp³-hybridized carbons (Fsp3) is 0.273. The van der Waals surface area contributed by atoms with E-state index in [0.717, 1.165) is 5.56 Å². The van der Waals surface area contributed by atoms with Crippen molar-refractivity contribution in [3.63, 3.8) is 0 Å². The van der Waals surface area contributed by atoms with Gasteiger partial charge in [-0.25, -0.2) is 0 Å². The van der Waals surface area contributed by atoms with Crippen molar-refractivity contribution in [2.75, 3.05) is 0 Å². The average Bonchev–Trinajstić information content (AvgIpc) is 2.60. The van der Waals surface area contributed by atoms with Gasteiger partial charge in [0.15, 0.2) is 0 Å². The Morgan fingerprint density at radius 3 is 2.56 bits per heavy atom. The highest BCUT2D eigenvalue weighted by atomic mass is 19.4. The van der Waals surface area contributed by atoms with Crippen molar-refractivity contribution < 1.29 is 22.7 Å². The monoisotopic (exact) mass is 230 g/mol. The predicted molar refractivity (Wildman–Crippen MR) is 52.0 cm³/mol. The lowest BCUT2D eigenvalue weighted by atomic mass is 10.1. The van der Waals surface area contributed by atoms with Crippen molar-refractivity contribution in [1.82, 2.24) is 0 Å². The number of aliphatic hydroxyl groups is 1. The zero-order chi connectivity index (χ0) is 11.9. The molecule has 0 radical (unpaired) electrons. The molecule has 0 aliphatic rings. The Balaban J connectivity index is 2.52. The smallest absolute Gasteiger partial charge is 0.421 e. The summed E-state index contributed by atoms with van der Waals surface area (Å²) in [6.45, 7) is 1.73. The van der Waals surface area contributed by atoms with Gasteiger partial charge in [-0.3, -0.25) is 0 Å². The molecule has 2 rings (SSSR count). The summed E-state index contributed by atoms with van der Waals surface area (Å²) >= 11 is 0. The first-order valence-corrected chi connectivity index (χ1v) is 4.63. The van der Waals surface area contributed by atoms with Crippen LogP contribution in [0.1, 0.15) is 17.4 Å². The quantitative estimate of drug-likeness (QED) is 0.815. The molecule has 1 aromatic carbocycles. The molecular weight excluding hydrogens is 221 g/mol. The van der Waals surface area contributed by atoms with E-state index in [1.54, 1.807) is 25.1 Å². The van der Waals surface area contributed by atoms with Gasteiger partial charge in [0.1, 0.15) is 11.3 Å². The molecule has 86 valence electrons. The molecule has 0 saturated carbocycles. The number of furan rings is 1. The predicted octanol–water partition coefficient (Wildman–Crippen LogP) is 3.34. The molecule has 2 nitrogen and oxygen atoms in total. The molecule has 1 N–H and O–H groups in total. The summed E-state index contributed by atoms with van der Waals surface area (Å²) in [5.74, 6) is -0.475. The van der Waals surface area contributed by atoms with Crippen molar-refractivity contribution in [2.24, 2.45) is 0 Å². The zero-order valence-corrected chi connectivity index (χ0v) is 8.38. The maximum Gasteiger partial charge on any atom is 0.421 e. The van der Waals surface area contributed by atoms with E-state index in [4.69, 9.17) is 9.52 Å².